The fraction of sp³-hybridized carbons (Fsp3) is 0.486. The van der Waals surface area contributed by atoms with Crippen molar-refractivity contribution >= 4 is 0 Å². The molecule has 3 rings (SSSR count). The molecule has 0 heterocycles. The Bertz CT molecular complexity index is 1040. The highest BCUT2D eigenvalue weighted by molar-refractivity contribution is 5.71. The first kappa shape index (κ1) is 29.1. The summed E-state index contributed by atoms with van der Waals surface area (Å²) in [5, 5.41) is 0. The Hall–Kier alpha value is -2.48. The maximum Gasteiger partial charge on any atom is 0.166 e. The van der Waals surface area contributed by atoms with Gasteiger partial charge in [0.15, 0.2) is 11.6 Å². The molecule has 0 aliphatic heterocycles. The van der Waals surface area contributed by atoms with Gasteiger partial charge in [-0.05, 0) is 59.6 Å². The van der Waals surface area contributed by atoms with Gasteiger partial charge in [-0.3, -0.25) is 0 Å². The fourth-order valence-corrected chi connectivity index (χ4v) is 5.25. The van der Waals surface area contributed by atoms with Crippen LogP contribution in [-0.4, -0.2) is 0 Å². The van der Waals surface area contributed by atoms with Crippen LogP contribution in [0.3, 0.4) is 0 Å². The molecular formula is C35H46F2. The van der Waals surface area contributed by atoms with Crippen LogP contribution >= 0.6 is 0 Å². The van der Waals surface area contributed by atoms with Crippen LogP contribution in [0.1, 0.15) is 108 Å². The van der Waals surface area contributed by atoms with Crippen LogP contribution in [0.25, 0.3) is 22.3 Å². The minimum atomic E-state index is -0.703. The lowest BCUT2D eigenvalue weighted by Crippen LogP contribution is -2.04. The molecule has 0 atom stereocenters. The van der Waals surface area contributed by atoms with Crippen LogP contribution in [0.2, 0.25) is 0 Å². The van der Waals surface area contributed by atoms with Crippen molar-refractivity contribution in [3.63, 3.8) is 0 Å². The van der Waals surface area contributed by atoms with Gasteiger partial charge in [-0.1, -0.05) is 139 Å². The van der Waals surface area contributed by atoms with E-state index in [1.54, 1.807) is 0 Å². The average Bonchev–Trinajstić information content (AvgIpc) is 2.93. The number of benzene rings is 3. The molecule has 37 heavy (non-hydrogen) atoms. The first-order valence-electron chi connectivity index (χ1n) is 14.8. The second-order valence-corrected chi connectivity index (χ2v) is 10.5. The molecule has 0 aliphatic rings. The highest BCUT2D eigenvalue weighted by atomic mass is 19.2. The second-order valence-electron chi connectivity index (χ2n) is 10.5. The second kappa shape index (κ2) is 16.4. The van der Waals surface area contributed by atoms with E-state index in [0.717, 1.165) is 60.8 Å². The zero-order chi connectivity index (χ0) is 26.3. The molecule has 0 aromatic heterocycles. The van der Waals surface area contributed by atoms with Crippen LogP contribution in [0.4, 0.5) is 8.78 Å². The monoisotopic (exact) mass is 504 g/mol. The smallest absolute Gasteiger partial charge is 0.166 e. The molecule has 200 valence electrons. The van der Waals surface area contributed by atoms with E-state index in [1.807, 2.05) is 48.5 Å². The summed E-state index contributed by atoms with van der Waals surface area (Å²) < 4.78 is 30.7. The zero-order valence-corrected chi connectivity index (χ0v) is 23.1. The number of aryl methyl sites for hydroxylation is 1. The minimum Gasteiger partial charge on any atom is -0.203 e. The number of hydrogen-bond acceptors (Lipinski definition) is 0. The Balaban J connectivity index is 1.68. The molecule has 2 heteroatoms. The first-order chi connectivity index (χ1) is 18.2. The zero-order valence-electron chi connectivity index (χ0n) is 23.1. The fourth-order valence-electron chi connectivity index (χ4n) is 5.25. The van der Waals surface area contributed by atoms with E-state index >= 15 is 8.78 Å². The summed E-state index contributed by atoms with van der Waals surface area (Å²) >= 11 is 0. The summed E-state index contributed by atoms with van der Waals surface area (Å²) in [7, 11) is 0. The van der Waals surface area contributed by atoms with Gasteiger partial charge in [-0.15, -0.1) is 0 Å². The van der Waals surface area contributed by atoms with Gasteiger partial charge in [-0.2, -0.15) is 0 Å². The average molecular weight is 505 g/mol. The van der Waals surface area contributed by atoms with Gasteiger partial charge in [0.2, 0.25) is 0 Å². The molecule has 3 aromatic rings. The van der Waals surface area contributed by atoms with Gasteiger partial charge in [0, 0.05) is 5.56 Å². The molecule has 0 radical (unpaired) electrons. The summed E-state index contributed by atoms with van der Waals surface area (Å²) in [6.07, 6.45) is 17.2. The number of unbranched alkanes of at least 4 members (excludes halogenated alkanes) is 11. The van der Waals surface area contributed by atoms with E-state index in [0.29, 0.717) is 17.5 Å². The van der Waals surface area contributed by atoms with Gasteiger partial charge in [0.25, 0.3) is 0 Å². The van der Waals surface area contributed by atoms with Crippen LogP contribution in [0.5, 0.6) is 0 Å². The quantitative estimate of drug-likeness (QED) is 0.160. The van der Waals surface area contributed by atoms with Crippen molar-refractivity contribution in [3.05, 3.63) is 83.4 Å². The maximum atomic E-state index is 15.4. The highest BCUT2D eigenvalue weighted by Crippen LogP contribution is 2.32. The van der Waals surface area contributed by atoms with Crippen molar-refractivity contribution in [1.82, 2.24) is 0 Å². The molecule has 0 nitrogen and oxygen atoms in total. The normalized spacial score (nSPS) is 11.2. The molecule has 3 aromatic carbocycles. The molecule has 0 aliphatic carbocycles. The SMILES string of the molecule is CCCCCCCCCCCCc1cc(-c2ccc(-c3ccccc3)cc2)c(F)c(F)c1CCCCC. The standard InChI is InChI=1S/C35H46F2/c1-3-5-7-8-9-10-11-12-13-16-21-31-27-33(35(37)34(36)32(31)22-15-6-4-2)30-25-23-29(24-26-30)28-19-17-14-18-20-28/h14,17-20,23-27H,3-13,15-16,21-22H2,1-2H3. The number of halogens is 2. The van der Waals surface area contributed by atoms with E-state index in [-0.39, 0.29) is 0 Å². The molecular weight excluding hydrogens is 458 g/mol. The Kier molecular flexibility index (Phi) is 12.9. The minimum absolute atomic E-state index is 0.387. The van der Waals surface area contributed by atoms with Crippen LogP contribution in [0, 0.1) is 11.6 Å². The van der Waals surface area contributed by atoms with E-state index < -0.39 is 11.6 Å². The van der Waals surface area contributed by atoms with Gasteiger partial charge in [-0.25, -0.2) is 8.78 Å². The molecule has 0 spiro atoms. The highest BCUT2D eigenvalue weighted by Gasteiger charge is 2.19. The van der Waals surface area contributed by atoms with Crippen molar-refractivity contribution in [2.45, 2.75) is 110 Å². The molecule has 0 unspecified atom stereocenters. The summed E-state index contributed by atoms with van der Waals surface area (Å²) in [5.41, 5.74) is 4.92. The largest absolute Gasteiger partial charge is 0.203 e. The van der Waals surface area contributed by atoms with Gasteiger partial charge in [0.05, 0.1) is 0 Å². The van der Waals surface area contributed by atoms with Crippen LogP contribution in [0.15, 0.2) is 60.7 Å². The maximum absolute atomic E-state index is 15.4. The molecule has 0 saturated carbocycles. The van der Waals surface area contributed by atoms with E-state index in [9.17, 15) is 0 Å². The van der Waals surface area contributed by atoms with E-state index in [4.69, 9.17) is 0 Å². The van der Waals surface area contributed by atoms with Gasteiger partial charge in [0.1, 0.15) is 0 Å². The summed E-state index contributed by atoms with van der Waals surface area (Å²) in [6.45, 7) is 4.40. The summed E-state index contributed by atoms with van der Waals surface area (Å²) in [5.74, 6) is -1.34. The van der Waals surface area contributed by atoms with Crippen molar-refractivity contribution in [2.75, 3.05) is 0 Å². The van der Waals surface area contributed by atoms with Crippen molar-refractivity contribution in [2.24, 2.45) is 0 Å². The van der Waals surface area contributed by atoms with E-state index in [2.05, 4.69) is 26.0 Å². The lowest BCUT2D eigenvalue weighted by atomic mass is 9.91. The third-order valence-corrected chi connectivity index (χ3v) is 7.53. The topological polar surface area (TPSA) is 0 Å². The predicted octanol–water partition coefficient (Wildman–Crippen LogP) is 11.5. The Morgan fingerprint density at radius 2 is 0.973 bits per heavy atom. The third kappa shape index (κ3) is 9.09. The van der Waals surface area contributed by atoms with Crippen molar-refractivity contribution < 1.29 is 8.78 Å². The van der Waals surface area contributed by atoms with E-state index in [1.165, 1.54) is 51.4 Å². The van der Waals surface area contributed by atoms with Crippen LogP contribution < -0.4 is 0 Å². The molecule has 0 bridgehead atoms. The Labute approximate surface area is 224 Å². The lowest BCUT2D eigenvalue weighted by molar-refractivity contribution is 0.495. The summed E-state index contributed by atoms with van der Waals surface area (Å²) in [6, 6.07) is 19.9. The molecule has 0 saturated heterocycles. The molecule has 0 amide bonds. The summed E-state index contributed by atoms with van der Waals surface area (Å²) in [4.78, 5) is 0. The lowest BCUT2D eigenvalue weighted by Gasteiger charge is -2.16. The molecule has 0 N–H and O–H groups in total. The molecule has 0 fully saturated rings. The van der Waals surface area contributed by atoms with Gasteiger partial charge >= 0.3 is 0 Å². The number of rotatable bonds is 17. The van der Waals surface area contributed by atoms with Crippen molar-refractivity contribution in [3.8, 4) is 22.3 Å². The van der Waals surface area contributed by atoms with Gasteiger partial charge < -0.3 is 0 Å². The number of hydrogen-bond donors (Lipinski definition) is 0. The van der Waals surface area contributed by atoms with Crippen LogP contribution in [-0.2, 0) is 12.8 Å². The first-order valence-corrected chi connectivity index (χ1v) is 14.8. The Morgan fingerprint density at radius 1 is 0.486 bits per heavy atom. The predicted molar refractivity (Wildman–Crippen MR) is 156 cm³/mol. The van der Waals surface area contributed by atoms with Crippen molar-refractivity contribution in [1.29, 1.82) is 0 Å². The third-order valence-electron chi connectivity index (χ3n) is 7.53. The Morgan fingerprint density at radius 3 is 1.59 bits per heavy atom.